The van der Waals surface area contributed by atoms with E-state index in [-0.39, 0.29) is 11.2 Å². The van der Waals surface area contributed by atoms with E-state index in [1.54, 1.807) is 7.11 Å². The first-order chi connectivity index (χ1) is 7.33. The first-order valence-corrected chi connectivity index (χ1v) is 7.14. The molecular weight excluding hydrogens is 228 g/mol. The van der Waals surface area contributed by atoms with Crippen LogP contribution in [-0.2, 0) is 14.8 Å². The molecule has 0 atom stereocenters. The molecule has 0 aliphatic carbocycles. The van der Waals surface area contributed by atoms with Crippen LogP contribution in [0.2, 0.25) is 0 Å². The number of nitrogens with two attached hydrogens (primary N) is 1. The molecule has 0 fully saturated rings. The standard InChI is InChI=1S/C10H24N2O3S/c1-10(2,5-6-11)9-12-16(13,14)8-4-7-15-3/h12H,4-9,11H2,1-3H3. The molecule has 0 saturated heterocycles. The van der Waals surface area contributed by atoms with Gasteiger partial charge in [-0.2, -0.15) is 0 Å². The molecule has 0 aromatic rings. The predicted molar refractivity (Wildman–Crippen MR) is 65.7 cm³/mol. The number of nitrogens with one attached hydrogen (secondary N) is 1. The molecule has 0 radical (unpaired) electrons. The second-order valence-corrected chi connectivity index (χ2v) is 6.62. The van der Waals surface area contributed by atoms with Gasteiger partial charge in [-0.25, -0.2) is 13.1 Å². The predicted octanol–water partition coefficient (Wildman–Crippen LogP) is 0.317. The number of hydrogen-bond donors (Lipinski definition) is 2. The normalized spacial score (nSPS) is 13.0. The van der Waals surface area contributed by atoms with Gasteiger partial charge in [-0.1, -0.05) is 13.8 Å². The van der Waals surface area contributed by atoms with Crippen LogP contribution in [0.3, 0.4) is 0 Å². The van der Waals surface area contributed by atoms with Crippen molar-refractivity contribution in [1.82, 2.24) is 4.72 Å². The summed E-state index contributed by atoms with van der Waals surface area (Å²) >= 11 is 0. The van der Waals surface area contributed by atoms with Crippen molar-refractivity contribution in [2.24, 2.45) is 11.1 Å². The number of sulfonamides is 1. The highest BCUT2D eigenvalue weighted by molar-refractivity contribution is 7.89. The Bertz CT molecular complexity index is 276. The number of hydrogen-bond acceptors (Lipinski definition) is 4. The maximum absolute atomic E-state index is 11.6. The van der Waals surface area contributed by atoms with Crippen LogP contribution in [0, 0.1) is 5.41 Å². The lowest BCUT2D eigenvalue weighted by Crippen LogP contribution is -2.36. The minimum Gasteiger partial charge on any atom is -0.385 e. The maximum Gasteiger partial charge on any atom is 0.211 e. The van der Waals surface area contributed by atoms with Crippen LogP contribution < -0.4 is 10.5 Å². The van der Waals surface area contributed by atoms with Gasteiger partial charge in [0.15, 0.2) is 0 Å². The number of methoxy groups -OCH3 is 1. The third kappa shape index (κ3) is 8.04. The Hall–Kier alpha value is -0.170. The Balaban J connectivity index is 3.98. The van der Waals surface area contributed by atoms with Crippen LogP contribution in [0.4, 0.5) is 0 Å². The zero-order valence-electron chi connectivity index (χ0n) is 10.5. The van der Waals surface area contributed by atoms with E-state index in [1.165, 1.54) is 0 Å². The highest BCUT2D eigenvalue weighted by Crippen LogP contribution is 2.17. The van der Waals surface area contributed by atoms with Crippen molar-refractivity contribution in [3.63, 3.8) is 0 Å². The Labute approximate surface area is 98.8 Å². The lowest BCUT2D eigenvalue weighted by molar-refractivity contribution is 0.199. The summed E-state index contributed by atoms with van der Waals surface area (Å²) in [5.41, 5.74) is 5.36. The summed E-state index contributed by atoms with van der Waals surface area (Å²) in [6.45, 7) is 5.46. The maximum atomic E-state index is 11.6. The fourth-order valence-corrected chi connectivity index (χ4v) is 2.50. The van der Waals surface area contributed by atoms with Gasteiger partial charge in [0.2, 0.25) is 10.0 Å². The van der Waals surface area contributed by atoms with Crippen LogP contribution in [0.15, 0.2) is 0 Å². The molecule has 0 rings (SSSR count). The van der Waals surface area contributed by atoms with E-state index in [4.69, 9.17) is 10.5 Å². The first-order valence-electron chi connectivity index (χ1n) is 5.49. The molecule has 0 unspecified atom stereocenters. The summed E-state index contributed by atoms with van der Waals surface area (Å²) in [5.74, 6) is 0.111. The van der Waals surface area contributed by atoms with E-state index in [1.807, 2.05) is 13.8 Å². The highest BCUT2D eigenvalue weighted by atomic mass is 32.2. The molecule has 0 amide bonds. The van der Waals surface area contributed by atoms with E-state index >= 15 is 0 Å². The van der Waals surface area contributed by atoms with Gasteiger partial charge in [-0.3, -0.25) is 0 Å². The molecule has 0 aliphatic rings. The van der Waals surface area contributed by atoms with Crippen molar-refractivity contribution in [1.29, 1.82) is 0 Å². The molecule has 3 N–H and O–H groups in total. The molecule has 16 heavy (non-hydrogen) atoms. The second-order valence-electron chi connectivity index (χ2n) is 4.69. The quantitative estimate of drug-likeness (QED) is 0.579. The fraction of sp³-hybridized carbons (Fsp3) is 1.00. The molecule has 0 bridgehead atoms. The van der Waals surface area contributed by atoms with Crippen molar-refractivity contribution in [2.45, 2.75) is 26.7 Å². The van der Waals surface area contributed by atoms with Crippen molar-refractivity contribution in [3.05, 3.63) is 0 Å². The molecule has 5 nitrogen and oxygen atoms in total. The van der Waals surface area contributed by atoms with Gasteiger partial charge in [0, 0.05) is 20.3 Å². The van der Waals surface area contributed by atoms with Crippen molar-refractivity contribution < 1.29 is 13.2 Å². The molecule has 98 valence electrons. The summed E-state index contributed by atoms with van der Waals surface area (Å²) in [5, 5.41) is 0. The van der Waals surface area contributed by atoms with E-state index in [0.29, 0.717) is 26.1 Å². The minimum atomic E-state index is -3.18. The van der Waals surface area contributed by atoms with Crippen LogP contribution in [0.1, 0.15) is 26.7 Å². The van der Waals surface area contributed by atoms with Gasteiger partial charge in [0.25, 0.3) is 0 Å². The van der Waals surface area contributed by atoms with Gasteiger partial charge in [0.1, 0.15) is 0 Å². The van der Waals surface area contributed by atoms with Gasteiger partial charge >= 0.3 is 0 Å². The molecular formula is C10H24N2O3S. The van der Waals surface area contributed by atoms with Gasteiger partial charge in [-0.15, -0.1) is 0 Å². The first kappa shape index (κ1) is 15.8. The lowest BCUT2D eigenvalue weighted by Gasteiger charge is -2.24. The van der Waals surface area contributed by atoms with E-state index in [9.17, 15) is 8.42 Å². The Kier molecular flexibility index (Phi) is 7.14. The molecule has 6 heteroatoms. The number of rotatable bonds is 9. The monoisotopic (exact) mass is 252 g/mol. The van der Waals surface area contributed by atoms with Gasteiger partial charge < -0.3 is 10.5 Å². The Morgan fingerprint density at radius 3 is 2.50 bits per heavy atom. The van der Waals surface area contributed by atoms with Crippen molar-refractivity contribution in [2.75, 3.05) is 32.6 Å². The smallest absolute Gasteiger partial charge is 0.211 e. The lowest BCUT2D eigenvalue weighted by atomic mass is 9.90. The second kappa shape index (κ2) is 7.21. The summed E-state index contributed by atoms with van der Waals surface area (Å²) < 4.78 is 30.5. The summed E-state index contributed by atoms with van der Waals surface area (Å²) in [4.78, 5) is 0. The van der Waals surface area contributed by atoms with E-state index in [2.05, 4.69) is 4.72 Å². The van der Waals surface area contributed by atoms with Gasteiger partial charge in [-0.05, 0) is 24.8 Å². The topological polar surface area (TPSA) is 81.4 Å². The molecule has 0 aromatic heterocycles. The molecule has 0 aliphatic heterocycles. The third-order valence-electron chi connectivity index (χ3n) is 2.35. The number of ether oxygens (including phenoxy) is 1. The van der Waals surface area contributed by atoms with E-state index in [0.717, 1.165) is 6.42 Å². The van der Waals surface area contributed by atoms with Crippen molar-refractivity contribution >= 4 is 10.0 Å². The zero-order chi connectivity index (χ0) is 12.7. The molecule has 0 aromatic carbocycles. The average Bonchev–Trinajstić information content (AvgIpc) is 2.16. The van der Waals surface area contributed by atoms with Crippen LogP contribution in [0.25, 0.3) is 0 Å². The van der Waals surface area contributed by atoms with Crippen LogP contribution in [-0.4, -0.2) is 41.0 Å². The van der Waals surface area contributed by atoms with E-state index < -0.39 is 10.0 Å². The van der Waals surface area contributed by atoms with Crippen molar-refractivity contribution in [3.8, 4) is 0 Å². The summed E-state index contributed by atoms with van der Waals surface area (Å²) in [7, 11) is -1.62. The van der Waals surface area contributed by atoms with Crippen LogP contribution in [0.5, 0.6) is 0 Å². The zero-order valence-corrected chi connectivity index (χ0v) is 11.3. The molecule has 0 spiro atoms. The third-order valence-corrected chi connectivity index (χ3v) is 3.76. The summed E-state index contributed by atoms with van der Waals surface area (Å²) in [6.07, 6.45) is 1.32. The summed E-state index contributed by atoms with van der Waals surface area (Å²) in [6, 6.07) is 0. The Morgan fingerprint density at radius 2 is 2.00 bits per heavy atom. The average molecular weight is 252 g/mol. The molecule has 0 saturated carbocycles. The fourth-order valence-electron chi connectivity index (χ4n) is 1.25. The Morgan fingerprint density at radius 1 is 1.38 bits per heavy atom. The van der Waals surface area contributed by atoms with Gasteiger partial charge in [0.05, 0.1) is 5.75 Å². The SMILES string of the molecule is COCCCS(=O)(=O)NCC(C)(C)CCN. The largest absolute Gasteiger partial charge is 0.385 e. The minimum absolute atomic E-state index is 0.0942. The molecule has 0 heterocycles. The highest BCUT2D eigenvalue weighted by Gasteiger charge is 2.20. The van der Waals surface area contributed by atoms with Crippen LogP contribution >= 0.6 is 0 Å².